The third kappa shape index (κ3) is 6.83. The fraction of sp³-hybridized carbons (Fsp3) is 0.500. The lowest BCUT2D eigenvalue weighted by molar-refractivity contribution is 0.0537. The first kappa shape index (κ1) is 15.3. The van der Waals surface area contributed by atoms with Crippen LogP contribution in [0.5, 0.6) is 0 Å². The zero-order valence-corrected chi connectivity index (χ0v) is 12.8. The summed E-state index contributed by atoms with van der Waals surface area (Å²) in [5.41, 5.74) is 1.26. The molecule has 0 aliphatic heterocycles. The second-order valence-corrected chi connectivity index (χ2v) is 5.28. The number of halogens is 1. The molecule has 0 amide bonds. The van der Waals surface area contributed by atoms with Crippen LogP contribution in [-0.2, 0) is 15.9 Å². The molecule has 0 aliphatic rings. The van der Waals surface area contributed by atoms with Crippen molar-refractivity contribution in [2.24, 2.45) is 0 Å². The maximum atomic E-state index is 11.1. The Hall–Kier alpha value is -0.780. The zero-order chi connectivity index (χ0) is 13.2. The third-order valence-electron chi connectivity index (χ3n) is 2.46. The van der Waals surface area contributed by atoms with Crippen LogP contribution in [0.4, 0.5) is 4.79 Å². The van der Waals surface area contributed by atoms with E-state index in [1.165, 1.54) is 9.13 Å². The minimum Gasteiger partial charge on any atom is -0.434 e. The number of rotatable bonds is 7. The highest BCUT2D eigenvalue weighted by molar-refractivity contribution is 14.1. The molecule has 1 aromatic carbocycles. The predicted octanol–water partition coefficient (Wildman–Crippen LogP) is 4.18. The minimum atomic E-state index is -0.550. The molecule has 1 aromatic rings. The van der Waals surface area contributed by atoms with Crippen molar-refractivity contribution in [2.75, 3.05) is 13.2 Å². The Morgan fingerprint density at radius 1 is 1.11 bits per heavy atom. The van der Waals surface area contributed by atoms with Gasteiger partial charge in [0, 0.05) is 3.57 Å². The third-order valence-corrected chi connectivity index (χ3v) is 3.18. The highest BCUT2D eigenvalue weighted by atomic mass is 127. The SMILES string of the molecule is CCCCOC(=O)OCCCc1ccc(I)cc1. The molecule has 0 fully saturated rings. The molecule has 0 N–H and O–H groups in total. The van der Waals surface area contributed by atoms with Crippen molar-refractivity contribution < 1.29 is 14.3 Å². The van der Waals surface area contributed by atoms with Crippen LogP contribution in [-0.4, -0.2) is 19.4 Å². The van der Waals surface area contributed by atoms with Crippen LogP contribution < -0.4 is 0 Å². The molecular weight excluding hydrogens is 343 g/mol. The summed E-state index contributed by atoms with van der Waals surface area (Å²) in [6, 6.07) is 8.36. The lowest BCUT2D eigenvalue weighted by atomic mass is 10.1. The Bertz CT molecular complexity index is 349. The van der Waals surface area contributed by atoms with E-state index in [0.29, 0.717) is 13.2 Å². The molecule has 0 heterocycles. The lowest BCUT2D eigenvalue weighted by Crippen LogP contribution is -2.09. The molecule has 0 saturated heterocycles. The fourth-order valence-corrected chi connectivity index (χ4v) is 1.78. The molecule has 0 saturated carbocycles. The number of benzene rings is 1. The average molecular weight is 362 g/mol. The number of carbonyl (C=O) groups is 1. The Morgan fingerprint density at radius 2 is 1.72 bits per heavy atom. The van der Waals surface area contributed by atoms with Gasteiger partial charge in [0.25, 0.3) is 0 Å². The van der Waals surface area contributed by atoms with E-state index in [9.17, 15) is 4.79 Å². The van der Waals surface area contributed by atoms with Crippen molar-refractivity contribution in [3.63, 3.8) is 0 Å². The van der Waals surface area contributed by atoms with E-state index in [1.54, 1.807) is 0 Å². The predicted molar refractivity (Wildman–Crippen MR) is 79.7 cm³/mol. The summed E-state index contributed by atoms with van der Waals surface area (Å²) in [6.45, 7) is 2.92. The second kappa shape index (κ2) is 9.19. The van der Waals surface area contributed by atoms with Crippen LogP contribution in [0.2, 0.25) is 0 Å². The molecule has 0 radical (unpaired) electrons. The fourth-order valence-electron chi connectivity index (χ4n) is 1.42. The quantitative estimate of drug-likeness (QED) is 0.415. The van der Waals surface area contributed by atoms with Crippen LogP contribution >= 0.6 is 22.6 Å². The van der Waals surface area contributed by atoms with E-state index in [2.05, 4.69) is 53.8 Å². The summed E-state index contributed by atoms with van der Waals surface area (Å²) < 4.78 is 11.1. The highest BCUT2D eigenvalue weighted by Gasteiger charge is 2.02. The maximum Gasteiger partial charge on any atom is 0.508 e. The van der Waals surface area contributed by atoms with Gasteiger partial charge in [-0.1, -0.05) is 25.5 Å². The van der Waals surface area contributed by atoms with E-state index < -0.39 is 6.16 Å². The molecule has 18 heavy (non-hydrogen) atoms. The van der Waals surface area contributed by atoms with Gasteiger partial charge in [0.05, 0.1) is 13.2 Å². The van der Waals surface area contributed by atoms with Gasteiger partial charge in [0.1, 0.15) is 0 Å². The molecule has 3 nitrogen and oxygen atoms in total. The second-order valence-electron chi connectivity index (χ2n) is 4.03. The van der Waals surface area contributed by atoms with Crippen LogP contribution in [0.1, 0.15) is 31.7 Å². The highest BCUT2D eigenvalue weighted by Crippen LogP contribution is 2.08. The molecule has 0 aromatic heterocycles. The molecular formula is C14H19IO3. The number of carbonyl (C=O) groups excluding carboxylic acids is 1. The first-order chi connectivity index (χ1) is 8.72. The van der Waals surface area contributed by atoms with Gasteiger partial charge < -0.3 is 9.47 Å². The van der Waals surface area contributed by atoms with Crippen LogP contribution in [0.25, 0.3) is 0 Å². The van der Waals surface area contributed by atoms with Gasteiger partial charge in [0.2, 0.25) is 0 Å². The number of unbranched alkanes of at least 4 members (excludes halogenated alkanes) is 1. The topological polar surface area (TPSA) is 35.5 Å². The molecule has 0 aliphatic carbocycles. The molecule has 0 unspecified atom stereocenters. The van der Waals surface area contributed by atoms with E-state index in [1.807, 2.05) is 0 Å². The molecule has 100 valence electrons. The maximum absolute atomic E-state index is 11.1. The standard InChI is InChI=1S/C14H19IO3/c1-2-3-10-17-14(16)18-11-4-5-12-6-8-13(15)9-7-12/h6-9H,2-5,10-11H2,1H3. The van der Waals surface area contributed by atoms with Crippen molar-refractivity contribution in [1.29, 1.82) is 0 Å². The Balaban J connectivity index is 2.07. The molecule has 4 heteroatoms. The minimum absolute atomic E-state index is 0.414. The Kier molecular flexibility index (Phi) is 7.80. The van der Waals surface area contributed by atoms with Gasteiger partial charge in [0.15, 0.2) is 0 Å². The first-order valence-corrected chi connectivity index (χ1v) is 7.34. The summed E-state index contributed by atoms with van der Waals surface area (Å²) in [5, 5.41) is 0. The summed E-state index contributed by atoms with van der Waals surface area (Å²) in [5.74, 6) is 0. The van der Waals surface area contributed by atoms with Crippen molar-refractivity contribution in [1.82, 2.24) is 0 Å². The van der Waals surface area contributed by atoms with Crippen LogP contribution in [0.15, 0.2) is 24.3 Å². The van der Waals surface area contributed by atoms with Crippen molar-refractivity contribution in [3.05, 3.63) is 33.4 Å². The van der Waals surface area contributed by atoms with E-state index in [-0.39, 0.29) is 0 Å². The molecule has 1 rings (SSSR count). The van der Waals surface area contributed by atoms with Crippen LogP contribution in [0.3, 0.4) is 0 Å². The number of aryl methyl sites for hydroxylation is 1. The number of hydrogen-bond donors (Lipinski definition) is 0. The number of ether oxygens (including phenoxy) is 2. The van der Waals surface area contributed by atoms with Gasteiger partial charge in [-0.05, 0) is 59.5 Å². The van der Waals surface area contributed by atoms with E-state index in [0.717, 1.165) is 25.7 Å². The summed E-state index contributed by atoms with van der Waals surface area (Å²) in [7, 11) is 0. The van der Waals surface area contributed by atoms with Crippen molar-refractivity contribution in [3.8, 4) is 0 Å². The smallest absolute Gasteiger partial charge is 0.434 e. The summed E-state index contributed by atoms with van der Waals surface area (Å²) in [6.07, 6.45) is 3.09. The summed E-state index contributed by atoms with van der Waals surface area (Å²) >= 11 is 2.28. The van der Waals surface area contributed by atoms with E-state index >= 15 is 0 Å². The Labute approximate surface area is 122 Å². The zero-order valence-electron chi connectivity index (χ0n) is 10.7. The Morgan fingerprint density at radius 3 is 2.33 bits per heavy atom. The average Bonchev–Trinajstić information content (AvgIpc) is 2.37. The van der Waals surface area contributed by atoms with Crippen molar-refractivity contribution in [2.45, 2.75) is 32.6 Å². The van der Waals surface area contributed by atoms with Gasteiger partial charge in [-0.3, -0.25) is 0 Å². The largest absolute Gasteiger partial charge is 0.508 e. The van der Waals surface area contributed by atoms with Gasteiger partial charge in [-0.15, -0.1) is 0 Å². The lowest BCUT2D eigenvalue weighted by Gasteiger charge is -2.05. The molecule has 0 spiro atoms. The monoisotopic (exact) mass is 362 g/mol. The molecule has 0 atom stereocenters. The van der Waals surface area contributed by atoms with Gasteiger partial charge in [-0.25, -0.2) is 4.79 Å². The van der Waals surface area contributed by atoms with Gasteiger partial charge >= 0.3 is 6.16 Å². The first-order valence-electron chi connectivity index (χ1n) is 6.26. The van der Waals surface area contributed by atoms with Crippen molar-refractivity contribution >= 4 is 28.7 Å². The van der Waals surface area contributed by atoms with Gasteiger partial charge in [-0.2, -0.15) is 0 Å². The van der Waals surface area contributed by atoms with Crippen LogP contribution in [0, 0.1) is 3.57 Å². The normalized spacial score (nSPS) is 10.1. The molecule has 0 bridgehead atoms. The van der Waals surface area contributed by atoms with E-state index in [4.69, 9.17) is 9.47 Å². The number of hydrogen-bond acceptors (Lipinski definition) is 3. The summed E-state index contributed by atoms with van der Waals surface area (Å²) in [4.78, 5) is 11.1.